The average Bonchev–Trinajstić information content (AvgIpc) is 3.43. The van der Waals surface area contributed by atoms with Gasteiger partial charge in [0.05, 0.1) is 24.7 Å². The molecule has 0 amide bonds. The van der Waals surface area contributed by atoms with Crippen LogP contribution in [0.25, 0.3) is 0 Å². The van der Waals surface area contributed by atoms with Gasteiger partial charge >= 0.3 is 0 Å². The van der Waals surface area contributed by atoms with Crippen molar-refractivity contribution in [2.45, 2.75) is 45.6 Å². The Morgan fingerprint density at radius 1 is 1.29 bits per heavy atom. The van der Waals surface area contributed by atoms with E-state index in [1.807, 2.05) is 13.0 Å². The second kappa shape index (κ2) is 13.9. The van der Waals surface area contributed by atoms with Gasteiger partial charge in [-0.1, -0.05) is 12.1 Å². The lowest BCUT2D eigenvalue weighted by Gasteiger charge is -2.27. The number of rotatable bonds is 10. The Morgan fingerprint density at radius 3 is 2.77 bits per heavy atom. The highest BCUT2D eigenvalue weighted by Gasteiger charge is 2.23. The predicted octanol–water partition coefficient (Wildman–Crippen LogP) is 4.40. The SMILES string of the molecule is CCNC(=NCC(c1cccc(OC)c1)N1CCCC1)NCCCc1nc(C)cs1.I. The molecule has 1 unspecified atom stereocenters. The van der Waals surface area contributed by atoms with Crippen LogP contribution in [0.3, 0.4) is 0 Å². The molecular formula is C23H36IN5OS. The van der Waals surface area contributed by atoms with Gasteiger partial charge < -0.3 is 15.4 Å². The zero-order chi connectivity index (χ0) is 21.2. The molecule has 0 aliphatic carbocycles. The molecule has 0 radical (unpaired) electrons. The van der Waals surface area contributed by atoms with Gasteiger partial charge in [0.25, 0.3) is 0 Å². The predicted molar refractivity (Wildman–Crippen MR) is 141 cm³/mol. The smallest absolute Gasteiger partial charge is 0.191 e. The average molecular weight is 558 g/mol. The minimum atomic E-state index is 0. The van der Waals surface area contributed by atoms with Crippen molar-refractivity contribution in [3.63, 3.8) is 0 Å². The Balaban J connectivity index is 0.00000341. The second-order valence-corrected chi connectivity index (χ2v) is 8.61. The van der Waals surface area contributed by atoms with Crippen molar-refractivity contribution in [1.82, 2.24) is 20.5 Å². The number of ether oxygens (including phenoxy) is 1. The van der Waals surface area contributed by atoms with E-state index in [1.54, 1.807) is 18.4 Å². The molecule has 1 aliphatic heterocycles. The summed E-state index contributed by atoms with van der Waals surface area (Å²) in [7, 11) is 1.72. The summed E-state index contributed by atoms with van der Waals surface area (Å²) in [6, 6.07) is 8.69. The van der Waals surface area contributed by atoms with Gasteiger partial charge in [0.2, 0.25) is 0 Å². The fraction of sp³-hybridized carbons (Fsp3) is 0.565. The van der Waals surface area contributed by atoms with Crippen molar-refractivity contribution in [2.24, 2.45) is 4.99 Å². The Labute approximate surface area is 207 Å². The molecule has 0 saturated carbocycles. The lowest BCUT2D eigenvalue weighted by atomic mass is 10.1. The molecule has 2 heterocycles. The maximum Gasteiger partial charge on any atom is 0.191 e. The molecule has 6 nitrogen and oxygen atoms in total. The van der Waals surface area contributed by atoms with Crippen LogP contribution in [-0.2, 0) is 6.42 Å². The van der Waals surface area contributed by atoms with E-state index in [0.29, 0.717) is 0 Å². The van der Waals surface area contributed by atoms with Gasteiger partial charge in [0, 0.05) is 30.6 Å². The van der Waals surface area contributed by atoms with Crippen LogP contribution < -0.4 is 15.4 Å². The summed E-state index contributed by atoms with van der Waals surface area (Å²) in [5.41, 5.74) is 2.39. The molecule has 8 heteroatoms. The molecule has 1 aromatic carbocycles. The summed E-state index contributed by atoms with van der Waals surface area (Å²) in [5, 5.41) is 10.2. The lowest BCUT2D eigenvalue weighted by Crippen LogP contribution is -2.39. The van der Waals surface area contributed by atoms with Crippen LogP contribution in [0.5, 0.6) is 5.75 Å². The molecular weight excluding hydrogens is 521 g/mol. The van der Waals surface area contributed by atoms with Gasteiger partial charge in [0.1, 0.15) is 5.75 Å². The second-order valence-electron chi connectivity index (χ2n) is 7.67. The first-order valence-electron chi connectivity index (χ1n) is 11.0. The molecule has 3 rings (SSSR count). The van der Waals surface area contributed by atoms with Gasteiger partial charge in [0.15, 0.2) is 5.96 Å². The van der Waals surface area contributed by atoms with E-state index in [0.717, 1.165) is 63.0 Å². The van der Waals surface area contributed by atoms with E-state index in [2.05, 4.69) is 51.0 Å². The van der Waals surface area contributed by atoms with Crippen molar-refractivity contribution in [3.05, 3.63) is 45.9 Å². The van der Waals surface area contributed by atoms with E-state index < -0.39 is 0 Å². The summed E-state index contributed by atoms with van der Waals surface area (Å²) < 4.78 is 5.45. The van der Waals surface area contributed by atoms with Crippen molar-refractivity contribution >= 4 is 41.3 Å². The molecule has 31 heavy (non-hydrogen) atoms. The topological polar surface area (TPSA) is 61.8 Å². The molecule has 2 N–H and O–H groups in total. The van der Waals surface area contributed by atoms with Gasteiger partial charge in [-0.3, -0.25) is 9.89 Å². The maximum absolute atomic E-state index is 5.45. The Morgan fingerprint density at radius 2 is 2.10 bits per heavy atom. The molecule has 172 valence electrons. The van der Waals surface area contributed by atoms with E-state index in [-0.39, 0.29) is 30.0 Å². The Kier molecular flexibility index (Phi) is 11.6. The number of hydrogen-bond donors (Lipinski definition) is 2. The first-order chi connectivity index (χ1) is 14.7. The Bertz CT molecular complexity index is 807. The monoisotopic (exact) mass is 557 g/mol. The number of hydrogen-bond acceptors (Lipinski definition) is 5. The fourth-order valence-electron chi connectivity index (χ4n) is 3.82. The standard InChI is InChI=1S/C23H35N5OS.HI/c1-4-24-23(25-12-8-11-22-27-18(2)17-30-22)26-16-21(28-13-5-6-14-28)19-9-7-10-20(15-19)29-3;/h7,9-10,15,17,21H,4-6,8,11-14,16H2,1-3H3,(H2,24,25,26);1H. The van der Waals surface area contributed by atoms with Gasteiger partial charge in [-0.05, 0) is 63.9 Å². The molecule has 1 aromatic heterocycles. The summed E-state index contributed by atoms with van der Waals surface area (Å²) >= 11 is 1.75. The zero-order valence-corrected chi connectivity index (χ0v) is 22.0. The fourth-order valence-corrected chi connectivity index (χ4v) is 4.64. The van der Waals surface area contributed by atoms with Crippen LogP contribution >= 0.6 is 35.3 Å². The van der Waals surface area contributed by atoms with E-state index in [9.17, 15) is 0 Å². The number of thiazole rings is 1. The molecule has 1 aliphatic rings. The Hall–Kier alpha value is -1.39. The number of benzene rings is 1. The molecule has 0 spiro atoms. The van der Waals surface area contributed by atoms with Gasteiger partial charge in [-0.2, -0.15) is 0 Å². The highest BCUT2D eigenvalue weighted by atomic mass is 127. The molecule has 1 saturated heterocycles. The van der Waals surface area contributed by atoms with E-state index in [4.69, 9.17) is 9.73 Å². The van der Waals surface area contributed by atoms with Gasteiger partial charge in [-0.15, -0.1) is 35.3 Å². The largest absolute Gasteiger partial charge is 0.497 e. The number of nitrogens with one attached hydrogen (secondary N) is 2. The molecule has 1 fully saturated rings. The summed E-state index contributed by atoms with van der Waals surface area (Å²) in [5.74, 6) is 1.79. The third-order valence-electron chi connectivity index (χ3n) is 5.35. The minimum Gasteiger partial charge on any atom is -0.497 e. The zero-order valence-electron chi connectivity index (χ0n) is 18.9. The number of nitrogens with zero attached hydrogens (tertiary/aromatic N) is 3. The first-order valence-corrected chi connectivity index (χ1v) is 11.9. The van der Waals surface area contributed by atoms with Crippen LogP contribution in [0.15, 0.2) is 34.6 Å². The highest BCUT2D eigenvalue weighted by Crippen LogP contribution is 2.27. The number of aromatic nitrogens is 1. The summed E-state index contributed by atoms with van der Waals surface area (Å²) in [6.07, 6.45) is 4.57. The lowest BCUT2D eigenvalue weighted by molar-refractivity contribution is 0.251. The van der Waals surface area contributed by atoms with Crippen LogP contribution in [0, 0.1) is 6.92 Å². The number of methoxy groups -OCH3 is 1. The maximum atomic E-state index is 5.45. The third-order valence-corrected chi connectivity index (χ3v) is 6.38. The van der Waals surface area contributed by atoms with Crippen molar-refractivity contribution in [2.75, 3.05) is 39.8 Å². The quantitative estimate of drug-likeness (QED) is 0.196. The first kappa shape index (κ1) is 25.9. The normalized spacial score (nSPS) is 15.4. The molecule has 1 atom stereocenters. The molecule has 0 bridgehead atoms. The van der Waals surface area contributed by atoms with Crippen LogP contribution in [0.4, 0.5) is 0 Å². The number of likely N-dealkylation sites (tertiary alicyclic amines) is 1. The van der Waals surface area contributed by atoms with Crippen molar-refractivity contribution in [1.29, 1.82) is 0 Å². The number of aliphatic imine (C=N–C) groups is 1. The van der Waals surface area contributed by atoms with Gasteiger partial charge in [-0.25, -0.2) is 4.98 Å². The number of aryl methyl sites for hydroxylation is 2. The van der Waals surface area contributed by atoms with Crippen LogP contribution in [0.1, 0.15) is 48.5 Å². The minimum absolute atomic E-state index is 0. The summed E-state index contributed by atoms with van der Waals surface area (Å²) in [4.78, 5) is 12.0. The van der Waals surface area contributed by atoms with Crippen molar-refractivity contribution < 1.29 is 4.74 Å². The van der Waals surface area contributed by atoms with Crippen molar-refractivity contribution in [3.8, 4) is 5.75 Å². The highest BCUT2D eigenvalue weighted by molar-refractivity contribution is 14.0. The van der Waals surface area contributed by atoms with Crippen LogP contribution in [0.2, 0.25) is 0 Å². The van der Waals surface area contributed by atoms with E-state index in [1.165, 1.54) is 23.4 Å². The summed E-state index contributed by atoms with van der Waals surface area (Å²) in [6.45, 7) is 8.89. The third kappa shape index (κ3) is 8.23. The number of guanidine groups is 1. The van der Waals surface area contributed by atoms with Crippen LogP contribution in [-0.4, -0.2) is 55.7 Å². The van der Waals surface area contributed by atoms with E-state index >= 15 is 0 Å². The molecule has 2 aromatic rings. The number of halogens is 1.